The van der Waals surface area contributed by atoms with Crippen molar-refractivity contribution in [3.63, 3.8) is 0 Å². The highest BCUT2D eigenvalue weighted by Gasteiger charge is 2.12. The molecule has 0 aliphatic carbocycles. The zero-order valence-electron chi connectivity index (χ0n) is 9.21. The topological polar surface area (TPSA) is 46.8 Å². The third kappa shape index (κ3) is 1.78. The molecular formula is C11H15N5. The van der Waals surface area contributed by atoms with Crippen molar-refractivity contribution < 1.29 is 0 Å². The van der Waals surface area contributed by atoms with Crippen LogP contribution in [-0.2, 0) is 6.54 Å². The molecule has 3 heterocycles. The molecule has 0 spiro atoms. The Labute approximate surface area is 94.1 Å². The van der Waals surface area contributed by atoms with E-state index in [2.05, 4.69) is 20.2 Å². The molecule has 0 aromatic carbocycles. The molecule has 0 radical (unpaired) electrons. The van der Waals surface area contributed by atoms with Gasteiger partial charge in [-0.2, -0.15) is 0 Å². The molecule has 0 unspecified atom stereocenters. The zero-order valence-corrected chi connectivity index (χ0v) is 9.21. The molecule has 0 saturated carbocycles. The minimum Gasteiger partial charge on any atom is -0.301 e. The lowest BCUT2D eigenvalue weighted by Crippen LogP contribution is -2.24. The smallest absolute Gasteiger partial charge is 0.178 e. The van der Waals surface area contributed by atoms with Gasteiger partial charge >= 0.3 is 0 Å². The monoisotopic (exact) mass is 217 g/mol. The Hall–Kier alpha value is -1.49. The first-order valence-electron chi connectivity index (χ1n) is 5.80. The predicted octanol–water partition coefficient (Wildman–Crippen LogP) is 0.922. The lowest BCUT2D eigenvalue weighted by molar-refractivity contribution is 0.316. The number of rotatable bonds is 3. The molecule has 0 atom stereocenters. The molecule has 0 N–H and O–H groups in total. The van der Waals surface area contributed by atoms with Crippen molar-refractivity contribution in [1.29, 1.82) is 0 Å². The fourth-order valence-electron chi connectivity index (χ4n) is 2.20. The Kier molecular flexibility index (Phi) is 2.53. The van der Waals surface area contributed by atoms with Crippen molar-refractivity contribution in [3.05, 3.63) is 18.3 Å². The molecule has 3 rings (SSSR count). The summed E-state index contributed by atoms with van der Waals surface area (Å²) in [6.45, 7) is 4.38. The summed E-state index contributed by atoms with van der Waals surface area (Å²) in [5, 5.41) is 8.23. The van der Waals surface area contributed by atoms with Crippen molar-refractivity contribution in [2.45, 2.75) is 19.4 Å². The molecule has 1 fully saturated rings. The number of aromatic nitrogens is 4. The number of hydrogen-bond donors (Lipinski definition) is 0. The van der Waals surface area contributed by atoms with Crippen LogP contribution in [0.15, 0.2) is 18.3 Å². The molecule has 1 aliphatic heterocycles. The van der Waals surface area contributed by atoms with E-state index >= 15 is 0 Å². The van der Waals surface area contributed by atoms with E-state index in [1.54, 1.807) is 6.20 Å². The first-order chi connectivity index (χ1) is 7.93. The van der Waals surface area contributed by atoms with Crippen LogP contribution >= 0.6 is 0 Å². The van der Waals surface area contributed by atoms with Gasteiger partial charge in [-0.15, -0.1) is 5.10 Å². The van der Waals surface area contributed by atoms with E-state index in [0.29, 0.717) is 0 Å². The Morgan fingerprint density at radius 1 is 1.19 bits per heavy atom. The maximum atomic E-state index is 4.31. The molecule has 16 heavy (non-hydrogen) atoms. The van der Waals surface area contributed by atoms with Crippen molar-refractivity contribution in [3.8, 4) is 0 Å². The molecule has 5 nitrogen and oxygen atoms in total. The summed E-state index contributed by atoms with van der Waals surface area (Å²) in [4.78, 5) is 6.77. The fraction of sp³-hybridized carbons (Fsp3) is 0.545. The summed E-state index contributed by atoms with van der Waals surface area (Å²) in [6.07, 6.45) is 4.45. The first-order valence-corrected chi connectivity index (χ1v) is 5.80. The minimum atomic E-state index is 0.879. The summed E-state index contributed by atoms with van der Waals surface area (Å²) in [5.74, 6) is 0. The van der Waals surface area contributed by atoms with E-state index < -0.39 is 0 Å². The van der Waals surface area contributed by atoms with Crippen LogP contribution in [0.25, 0.3) is 11.2 Å². The fourth-order valence-corrected chi connectivity index (χ4v) is 2.20. The van der Waals surface area contributed by atoms with Crippen LogP contribution in [0.1, 0.15) is 12.8 Å². The lowest BCUT2D eigenvalue weighted by atomic mass is 10.4. The number of likely N-dealkylation sites (tertiary alicyclic amines) is 1. The average Bonchev–Trinajstić information content (AvgIpc) is 2.96. The minimum absolute atomic E-state index is 0.879. The van der Waals surface area contributed by atoms with Crippen molar-refractivity contribution in [1.82, 2.24) is 24.9 Å². The van der Waals surface area contributed by atoms with Gasteiger partial charge in [0.1, 0.15) is 5.52 Å². The number of nitrogens with zero attached hydrogens (tertiary/aromatic N) is 5. The third-order valence-electron chi connectivity index (χ3n) is 3.10. The van der Waals surface area contributed by atoms with Gasteiger partial charge in [-0.1, -0.05) is 5.21 Å². The van der Waals surface area contributed by atoms with Crippen LogP contribution in [0.5, 0.6) is 0 Å². The summed E-state index contributed by atoms with van der Waals surface area (Å²) < 4.78 is 1.90. The van der Waals surface area contributed by atoms with Crippen LogP contribution in [0, 0.1) is 0 Å². The van der Waals surface area contributed by atoms with Gasteiger partial charge in [-0.25, -0.2) is 9.67 Å². The van der Waals surface area contributed by atoms with Crippen molar-refractivity contribution in [2.24, 2.45) is 0 Å². The van der Waals surface area contributed by atoms with Crippen molar-refractivity contribution in [2.75, 3.05) is 19.6 Å². The summed E-state index contributed by atoms with van der Waals surface area (Å²) in [6, 6.07) is 3.84. The molecule has 2 aromatic heterocycles. The van der Waals surface area contributed by atoms with Crippen LogP contribution in [0.2, 0.25) is 0 Å². The molecule has 1 saturated heterocycles. The van der Waals surface area contributed by atoms with E-state index in [4.69, 9.17) is 0 Å². The van der Waals surface area contributed by atoms with Gasteiger partial charge in [0.2, 0.25) is 0 Å². The molecule has 0 bridgehead atoms. The second-order valence-corrected chi connectivity index (χ2v) is 4.21. The quantitative estimate of drug-likeness (QED) is 0.767. The van der Waals surface area contributed by atoms with Crippen molar-refractivity contribution >= 4 is 11.2 Å². The van der Waals surface area contributed by atoms with Gasteiger partial charge in [0.05, 0.1) is 6.54 Å². The van der Waals surface area contributed by atoms with Gasteiger partial charge in [0.25, 0.3) is 0 Å². The van der Waals surface area contributed by atoms with Gasteiger partial charge in [0.15, 0.2) is 5.65 Å². The van der Waals surface area contributed by atoms with Gasteiger partial charge < -0.3 is 4.90 Å². The highest BCUT2D eigenvalue weighted by Crippen LogP contribution is 2.09. The van der Waals surface area contributed by atoms with Crippen LogP contribution in [-0.4, -0.2) is 44.5 Å². The Morgan fingerprint density at radius 2 is 2.06 bits per heavy atom. The van der Waals surface area contributed by atoms with E-state index in [-0.39, 0.29) is 0 Å². The lowest BCUT2D eigenvalue weighted by Gasteiger charge is -2.13. The van der Waals surface area contributed by atoms with E-state index in [1.165, 1.54) is 25.9 Å². The molecule has 5 heteroatoms. The van der Waals surface area contributed by atoms with Crippen LogP contribution in [0.4, 0.5) is 0 Å². The van der Waals surface area contributed by atoms with Gasteiger partial charge in [0, 0.05) is 12.7 Å². The summed E-state index contributed by atoms with van der Waals surface area (Å²) in [5.41, 5.74) is 1.77. The van der Waals surface area contributed by atoms with Gasteiger partial charge in [-0.05, 0) is 38.1 Å². The number of pyridine rings is 1. The first kappa shape index (κ1) is 9.72. The SMILES string of the molecule is c1cnc2c(c1)nnn2CCN1CCCC1. The Morgan fingerprint density at radius 3 is 2.94 bits per heavy atom. The normalized spacial score (nSPS) is 17.2. The number of fused-ring (bicyclic) bond motifs is 1. The second kappa shape index (κ2) is 4.17. The Balaban J connectivity index is 1.73. The van der Waals surface area contributed by atoms with E-state index in [1.807, 2.05) is 16.8 Å². The molecule has 0 amide bonds. The molecule has 2 aromatic rings. The molecular weight excluding hydrogens is 202 g/mol. The van der Waals surface area contributed by atoms with Gasteiger partial charge in [-0.3, -0.25) is 0 Å². The summed E-state index contributed by atoms with van der Waals surface area (Å²) in [7, 11) is 0. The maximum absolute atomic E-state index is 4.31. The third-order valence-corrected chi connectivity index (χ3v) is 3.10. The zero-order chi connectivity index (χ0) is 10.8. The average molecular weight is 217 g/mol. The second-order valence-electron chi connectivity index (χ2n) is 4.21. The largest absolute Gasteiger partial charge is 0.301 e. The Bertz CT molecular complexity index is 472. The molecule has 84 valence electrons. The standard InChI is InChI=1S/C11H15N5/c1-2-7-15(6-1)8-9-16-11-10(13-14-16)4-3-5-12-11/h3-5H,1-2,6-9H2. The highest BCUT2D eigenvalue weighted by molar-refractivity contribution is 5.68. The predicted molar refractivity (Wildman–Crippen MR) is 61.0 cm³/mol. The summed E-state index contributed by atoms with van der Waals surface area (Å²) >= 11 is 0. The number of hydrogen-bond acceptors (Lipinski definition) is 4. The highest BCUT2D eigenvalue weighted by atomic mass is 15.4. The van der Waals surface area contributed by atoms with Crippen LogP contribution < -0.4 is 0 Å². The van der Waals surface area contributed by atoms with Crippen LogP contribution in [0.3, 0.4) is 0 Å². The van der Waals surface area contributed by atoms with E-state index in [0.717, 1.165) is 24.3 Å². The maximum Gasteiger partial charge on any atom is 0.178 e. The molecule has 1 aliphatic rings. The van der Waals surface area contributed by atoms with E-state index in [9.17, 15) is 0 Å².